The lowest BCUT2D eigenvalue weighted by molar-refractivity contribution is -0.158. The Morgan fingerprint density at radius 1 is 1.19 bits per heavy atom. The fourth-order valence-corrected chi connectivity index (χ4v) is 1.59. The molecule has 0 saturated carbocycles. The van der Waals surface area contributed by atoms with Gasteiger partial charge in [0.1, 0.15) is 17.3 Å². The van der Waals surface area contributed by atoms with E-state index in [0.717, 1.165) is 5.69 Å². The number of carbonyl (C=O) groups is 2. The highest BCUT2D eigenvalue weighted by molar-refractivity contribution is 5.95. The maximum absolute atomic E-state index is 12.1. The average molecular weight is 293 g/mol. The summed E-state index contributed by atoms with van der Waals surface area (Å²) >= 11 is 0. The number of carbonyl (C=O) groups excluding carboxylic acids is 2. The van der Waals surface area contributed by atoms with E-state index in [1.807, 2.05) is 13.8 Å². The largest absolute Gasteiger partial charge is 0.458 e. The third-order valence-corrected chi connectivity index (χ3v) is 2.63. The maximum Gasteiger partial charge on any atom is 0.329 e. The Labute approximate surface area is 125 Å². The number of aromatic nitrogens is 2. The molecule has 116 valence electrons. The number of rotatable bonds is 4. The molecule has 0 spiro atoms. The van der Waals surface area contributed by atoms with E-state index in [1.165, 1.54) is 12.4 Å². The van der Waals surface area contributed by atoms with Crippen molar-refractivity contribution in [3.05, 3.63) is 23.8 Å². The molecule has 0 radical (unpaired) electrons. The lowest BCUT2D eigenvalue weighted by atomic mass is 10.0. The van der Waals surface area contributed by atoms with Gasteiger partial charge >= 0.3 is 5.97 Å². The minimum atomic E-state index is -0.722. The molecular weight excluding hydrogens is 270 g/mol. The van der Waals surface area contributed by atoms with Gasteiger partial charge in [-0.1, -0.05) is 13.8 Å². The molecule has 1 aromatic heterocycles. The maximum atomic E-state index is 12.1. The topological polar surface area (TPSA) is 81.2 Å². The molecule has 0 fully saturated rings. The highest BCUT2D eigenvalue weighted by Gasteiger charge is 2.29. The molecule has 0 unspecified atom stereocenters. The summed E-state index contributed by atoms with van der Waals surface area (Å²) < 4.78 is 5.33. The SMILES string of the molecule is Cc1cnc(C(=O)N[C@H](C(=O)OC(C)(C)C)C(C)C)cn1. The lowest BCUT2D eigenvalue weighted by Gasteiger charge is -2.26. The first-order valence-electron chi connectivity index (χ1n) is 6.92. The van der Waals surface area contributed by atoms with Crippen molar-refractivity contribution in [2.24, 2.45) is 5.92 Å². The van der Waals surface area contributed by atoms with Gasteiger partial charge in [-0.25, -0.2) is 9.78 Å². The van der Waals surface area contributed by atoms with Crippen molar-refractivity contribution in [1.82, 2.24) is 15.3 Å². The van der Waals surface area contributed by atoms with Crippen LogP contribution in [0.1, 0.15) is 50.8 Å². The van der Waals surface area contributed by atoms with E-state index in [1.54, 1.807) is 27.7 Å². The van der Waals surface area contributed by atoms with Gasteiger partial charge < -0.3 is 10.1 Å². The second kappa shape index (κ2) is 6.65. The summed E-state index contributed by atoms with van der Waals surface area (Å²) in [5.74, 6) is -0.986. The van der Waals surface area contributed by atoms with Gasteiger partial charge in [-0.05, 0) is 33.6 Å². The normalized spacial score (nSPS) is 12.9. The van der Waals surface area contributed by atoms with Gasteiger partial charge in [0.25, 0.3) is 5.91 Å². The smallest absolute Gasteiger partial charge is 0.329 e. The van der Waals surface area contributed by atoms with Gasteiger partial charge in [-0.3, -0.25) is 9.78 Å². The molecule has 21 heavy (non-hydrogen) atoms. The van der Waals surface area contributed by atoms with Crippen LogP contribution in [0, 0.1) is 12.8 Å². The lowest BCUT2D eigenvalue weighted by Crippen LogP contribution is -2.47. The molecule has 1 heterocycles. The van der Waals surface area contributed by atoms with Gasteiger partial charge in [0, 0.05) is 6.20 Å². The molecule has 1 amide bonds. The molecular formula is C15H23N3O3. The third kappa shape index (κ3) is 5.49. The van der Waals surface area contributed by atoms with Crippen LogP contribution >= 0.6 is 0 Å². The number of hydrogen-bond donors (Lipinski definition) is 1. The van der Waals surface area contributed by atoms with Gasteiger partial charge in [0.05, 0.1) is 11.9 Å². The number of ether oxygens (including phenoxy) is 1. The van der Waals surface area contributed by atoms with E-state index in [0.29, 0.717) is 0 Å². The summed E-state index contributed by atoms with van der Waals surface area (Å²) in [4.78, 5) is 32.3. The van der Waals surface area contributed by atoms with Crippen LogP contribution in [0.2, 0.25) is 0 Å². The standard InChI is InChI=1S/C15H23N3O3/c1-9(2)12(14(20)21-15(4,5)6)18-13(19)11-8-16-10(3)7-17-11/h7-9,12H,1-6H3,(H,18,19)/t12-/m0/s1. The van der Waals surface area contributed by atoms with Crippen molar-refractivity contribution in [3.8, 4) is 0 Å². The molecule has 0 bridgehead atoms. The molecule has 1 atom stereocenters. The first-order chi connectivity index (χ1) is 9.60. The average Bonchev–Trinajstić information content (AvgIpc) is 2.33. The number of nitrogens with one attached hydrogen (secondary N) is 1. The second-order valence-electron chi connectivity index (χ2n) is 6.27. The van der Waals surface area contributed by atoms with Crippen LogP contribution in [0.5, 0.6) is 0 Å². The van der Waals surface area contributed by atoms with E-state index in [9.17, 15) is 9.59 Å². The molecule has 1 rings (SSSR count). The first kappa shape index (κ1) is 17.1. The Hall–Kier alpha value is -1.98. The molecule has 0 aliphatic heterocycles. The molecule has 6 heteroatoms. The predicted molar refractivity (Wildman–Crippen MR) is 78.7 cm³/mol. The van der Waals surface area contributed by atoms with Crippen molar-refractivity contribution in [3.63, 3.8) is 0 Å². The van der Waals surface area contributed by atoms with Crippen LogP contribution in [0.25, 0.3) is 0 Å². The fourth-order valence-electron chi connectivity index (χ4n) is 1.59. The van der Waals surface area contributed by atoms with E-state index in [4.69, 9.17) is 4.74 Å². The van der Waals surface area contributed by atoms with E-state index in [-0.39, 0.29) is 11.6 Å². The van der Waals surface area contributed by atoms with Gasteiger partial charge in [0.2, 0.25) is 0 Å². The van der Waals surface area contributed by atoms with Crippen molar-refractivity contribution in [2.75, 3.05) is 0 Å². The Bertz CT molecular complexity index is 504. The van der Waals surface area contributed by atoms with E-state index in [2.05, 4.69) is 15.3 Å². The molecule has 6 nitrogen and oxygen atoms in total. The number of hydrogen-bond acceptors (Lipinski definition) is 5. The van der Waals surface area contributed by atoms with Crippen molar-refractivity contribution >= 4 is 11.9 Å². The van der Waals surface area contributed by atoms with Gasteiger partial charge in [-0.2, -0.15) is 0 Å². The Kier molecular flexibility index (Phi) is 5.41. The van der Waals surface area contributed by atoms with E-state index < -0.39 is 23.5 Å². The van der Waals surface area contributed by atoms with Crippen LogP contribution in [-0.4, -0.2) is 33.5 Å². The van der Waals surface area contributed by atoms with Gasteiger partial charge in [-0.15, -0.1) is 0 Å². The van der Waals surface area contributed by atoms with E-state index >= 15 is 0 Å². The van der Waals surface area contributed by atoms with Crippen molar-refractivity contribution in [2.45, 2.75) is 53.2 Å². The number of aryl methyl sites for hydroxylation is 1. The third-order valence-electron chi connectivity index (χ3n) is 2.63. The van der Waals surface area contributed by atoms with Crippen LogP contribution in [0.3, 0.4) is 0 Å². The van der Waals surface area contributed by atoms with Crippen molar-refractivity contribution in [1.29, 1.82) is 0 Å². The van der Waals surface area contributed by atoms with Crippen LogP contribution < -0.4 is 5.32 Å². The first-order valence-corrected chi connectivity index (χ1v) is 6.92. The molecule has 0 aliphatic carbocycles. The highest BCUT2D eigenvalue weighted by Crippen LogP contribution is 2.12. The van der Waals surface area contributed by atoms with Gasteiger partial charge in [0.15, 0.2) is 0 Å². The Morgan fingerprint density at radius 2 is 1.81 bits per heavy atom. The van der Waals surface area contributed by atoms with Crippen LogP contribution in [0.4, 0.5) is 0 Å². The minimum absolute atomic E-state index is 0.0952. The summed E-state index contributed by atoms with van der Waals surface area (Å²) in [6, 6.07) is -0.722. The summed E-state index contributed by atoms with van der Waals surface area (Å²) in [6.07, 6.45) is 2.89. The summed E-state index contributed by atoms with van der Waals surface area (Å²) in [6.45, 7) is 10.8. The Balaban J connectivity index is 2.81. The summed E-state index contributed by atoms with van der Waals surface area (Å²) in [7, 11) is 0. The monoisotopic (exact) mass is 293 g/mol. The highest BCUT2D eigenvalue weighted by atomic mass is 16.6. The molecule has 1 N–H and O–H groups in total. The zero-order valence-electron chi connectivity index (χ0n) is 13.4. The second-order valence-corrected chi connectivity index (χ2v) is 6.27. The van der Waals surface area contributed by atoms with Crippen LogP contribution in [-0.2, 0) is 9.53 Å². The zero-order chi connectivity index (χ0) is 16.2. The fraction of sp³-hybridized carbons (Fsp3) is 0.600. The minimum Gasteiger partial charge on any atom is -0.458 e. The van der Waals surface area contributed by atoms with Crippen molar-refractivity contribution < 1.29 is 14.3 Å². The summed E-state index contributed by atoms with van der Waals surface area (Å²) in [5, 5.41) is 2.66. The number of nitrogens with zero attached hydrogens (tertiary/aromatic N) is 2. The predicted octanol–water partition coefficient (Wildman–Crippen LogP) is 1.88. The molecule has 1 aromatic rings. The Morgan fingerprint density at radius 3 is 2.24 bits per heavy atom. The zero-order valence-corrected chi connectivity index (χ0v) is 13.4. The van der Waals surface area contributed by atoms with Crippen LogP contribution in [0.15, 0.2) is 12.4 Å². The number of amides is 1. The molecule has 0 aromatic carbocycles. The summed E-state index contributed by atoms with van der Waals surface area (Å²) in [5.41, 5.74) is 0.299. The quantitative estimate of drug-likeness (QED) is 0.857. The molecule has 0 aliphatic rings. The molecule has 0 saturated heterocycles. The number of esters is 1.